The summed E-state index contributed by atoms with van der Waals surface area (Å²) in [5.41, 5.74) is -0.0905. The maximum atomic E-state index is 13.7. The zero-order chi connectivity index (χ0) is 17.2. The highest BCUT2D eigenvalue weighted by Gasteiger charge is 2.33. The molecule has 126 valence electrons. The molecule has 1 aromatic rings. The Morgan fingerprint density at radius 2 is 2.09 bits per heavy atom. The molecular weight excluding hydrogens is 325 g/mol. The second-order valence-corrected chi connectivity index (χ2v) is 7.76. The Labute approximate surface area is 133 Å². The molecule has 0 aromatic heterocycles. The van der Waals surface area contributed by atoms with Crippen molar-refractivity contribution in [3.8, 4) is 0 Å². The second kappa shape index (κ2) is 6.66. The molecule has 0 saturated carbocycles. The van der Waals surface area contributed by atoms with Crippen LogP contribution >= 0.6 is 0 Å². The van der Waals surface area contributed by atoms with E-state index in [4.69, 9.17) is 5.11 Å². The van der Waals surface area contributed by atoms with Gasteiger partial charge in [-0.2, -0.15) is 0 Å². The van der Waals surface area contributed by atoms with E-state index in [0.717, 1.165) is 12.1 Å². The van der Waals surface area contributed by atoms with E-state index in [1.807, 2.05) is 0 Å². The Hall–Kier alpha value is -1.96. The summed E-state index contributed by atoms with van der Waals surface area (Å²) >= 11 is 0. The zero-order valence-electron chi connectivity index (χ0n) is 12.7. The van der Waals surface area contributed by atoms with Gasteiger partial charge < -0.3 is 10.0 Å². The topological polar surface area (TPSA) is 91.8 Å². The van der Waals surface area contributed by atoms with E-state index in [1.54, 1.807) is 6.92 Å². The summed E-state index contributed by atoms with van der Waals surface area (Å²) in [6.45, 7) is 2.13. The lowest BCUT2D eigenvalue weighted by atomic mass is 10.1. The van der Waals surface area contributed by atoms with E-state index in [9.17, 15) is 22.4 Å². The van der Waals surface area contributed by atoms with Gasteiger partial charge in [0.25, 0.3) is 0 Å². The minimum atomic E-state index is -3.10. The predicted molar refractivity (Wildman–Crippen MR) is 81.5 cm³/mol. The van der Waals surface area contributed by atoms with Crippen LogP contribution in [0.1, 0.15) is 29.3 Å². The van der Waals surface area contributed by atoms with Crippen molar-refractivity contribution in [2.75, 3.05) is 18.1 Å². The number of carboxylic acids is 1. The van der Waals surface area contributed by atoms with E-state index in [2.05, 4.69) is 0 Å². The first-order valence-corrected chi connectivity index (χ1v) is 9.07. The fourth-order valence-electron chi connectivity index (χ4n) is 2.78. The molecule has 2 rings (SSSR count). The van der Waals surface area contributed by atoms with Crippen LogP contribution in [0.25, 0.3) is 0 Å². The normalized spacial score (nSPS) is 19.5. The summed E-state index contributed by atoms with van der Waals surface area (Å²) in [7, 11) is -3.10. The lowest BCUT2D eigenvalue weighted by Crippen LogP contribution is -2.41. The second-order valence-electron chi connectivity index (χ2n) is 5.53. The number of carboxylic acid groups (broad SMARTS) is 1. The number of aromatic carboxylic acids is 1. The summed E-state index contributed by atoms with van der Waals surface area (Å²) in [4.78, 5) is 24.6. The summed E-state index contributed by atoms with van der Waals surface area (Å²) in [6.07, 6.45) is 0.315. The van der Waals surface area contributed by atoms with E-state index in [0.29, 0.717) is 18.5 Å². The van der Waals surface area contributed by atoms with Crippen molar-refractivity contribution in [2.24, 2.45) is 0 Å². The molecule has 0 spiro atoms. The van der Waals surface area contributed by atoms with Crippen molar-refractivity contribution in [3.05, 3.63) is 35.1 Å². The van der Waals surface area contributed by atoms with Gasteiger partial charge in [0, 0.05) is 12.6 Å². The van der Waals surface area contributed by atoms with Gasteiger partial charge in [-0.15, -0.1) is 0 Å². The summed E-state index contributed by atoms with van der Waals surface area (Å²) in [5.74, 6) is -2.53. The van der Waals surface area contributed by atoms with Crippen molar-refractivity contribution in [1.82, 2.24) is 4.90 Å². The number of rotatable bonds is 5. The maximum absolute atomic E-state index is 13.7. The number of hydrogen-bond donors (Lipinski definition) is 1. The first-order chi connectivity index (χ1) is 10.7. The molecule has 6 nitrogen and oxygen atoms in total. The van der Waals surface area contributed by atoms with Crippen molar-refractivity contribution < 1.29 is 27.5 Å². The average Bonchev–Trinajstić information content (AvgIpc) is 2.79. The Morgan fingerprint density at radius 1 is 1.39 bits per heavy atom. The van der Waals surface area contributed by atoms with Crippen LogP contribution in [0, 0.1) is 5.82 Å². The molecule has 1 fully saturated rings. The third-order valence-corrected chi connectivity index (χ3v) is 5.68. The molecule has 1 aliphatic heterocycles. The Bertz CT molecular complexity index is 731. The van der Waals surface area contributed by atoms with Crippen LogP contribution in [0.4, 0.5) is 4.39 Å². The highest BCUT2D eigenvalue weighted by molar-refractivity contribution is 7.91. The Kier molecular flexibility index (Phi) is 5.03. The van der Waals surface area contributed by atoms with Gasteiger partial charge in [0.05, 0.1) is 23.5 Å². The molecule has 0 aliphatic carbocycles. The van der Waals surface area contributed by atoms with Gasteiger partial charge in [0.1, 0.15) is 5.82 Å². The maximum Gasteiger partial charge on any atom is 0.338 e. The number of amides is 1. The fraction of sp³-hybridized carbons (Fsp3) is 0.467. The first-order valence-electron chi connectivity index (χ1n) is 7.25. The quantitative estimate of drug-likeness (QED) is 0.864. The minimum Gasteiger partial charge on any atom is -0.478 e. The van der Waals surface area contributed by atoms with Crippen LogP contribution < -0.4 is 0 Å². The van der Waals surface area contributed by atoms with Gasteiger partial charge in [-0.3, -0.25) is 4.79 Å². The van der Waals surface area contributed by atoms with Crippen LogP contribution in [-0.2, 0) is 21.1 Å². The van der Waals surface area contributed by atoms with E-state index >= 15 is 0 Å². The molecule has 1 saturated heterocycles. The molecule has 0 bridgehead atoms. The highest BCUT2D eigenvalue weighted by Crippen LogP contribution is 2.19. The molecular formula is C15H18FNO5S. The highest BCUT2D eigenvalue weighted by atomic mass is 32.2. The molecule has 1 N–H and O–H groups in total. The molecule has 1 aromatic carbocycles. The smallest absolute Gasteiger partial charge is 0.338 e. The van der Waals surface area contributed by atoms with Gasteiger partial charge in [-0.25, -0.2) is 17.6 Å². The number of nitrogens with zero attached hydrogens (tertiary/aromatic N) is 1. The van der Waals surface area contributed by atoms with Crippen molar-refractivity contribution in [3.63, 3.8) is 0 Å². The predicted octanol–water partition coefficient (Wildman–Crippen LogP) is 1.10. The number of carbonyl (C=O) groups excluding carboxylic acids is 1. The number of halogens is 1. The molecule has 23 heavy (non-hydrogen) atoms. The fourth-order valence-corrected chi connectivity index (χ4v) is 4.51. The lowest BCUT2D eigenvalue weighted by molar-refractivity contribution is -0.132. The summed E-state index contributed by atoms with van der Waals surface area (Å²) in [6, 6.07) is 3.20. The minimum absolute atomic E-state index is 0.0428. The van der Waals surface area contributed by atoms with Gasteiger partial charge >= 0.3 is 5.97 Å². The first kappa shape index (κ1) is 17.4. The standard InChI is InChI=1S/C15H18FNO5S/c1-2-17(11-5-6-23(21,22)9-11)14(18)8-10-3-4-12(15(19)20)13(16)7-10/h3-4,7,11H,2,5-6,8-9H2,1H3,(H,19,20). The molecule has 1 atom stereocenters. The van der Waals surface area contributed by atoms with Gasteiger partial charge in [0.2, 0.25) is 5.91 Å². The van der Waals surface area contributed by atoms with E-state index < -0.39 is 27.2 Å². The van der Waals surface area contributed by atoms with Crippen molar-refractivity contribution in [1.29, 1.82) is 0 Å². The molecule has 8 heteroatoms. The molecule has 1 unspecified atom stereocenters. The van der Waals surface area contributed by atoms with Crippen LogP contribution in [0.15, 0.2) is 18.2 Å². The van der Waals surface area contributed by atoms with E-state index in [1.165, 1.54) is 11.0 Å². The lowest BCUT2D eigenvalue weighted by Gasteiger charge is -2.27. The van der Waals surface area contributed by atoms with Crippen molar-refractivity contribution in [2.45, 2.75) is 25.8 Å². The molecule has 0 radical (unpaired) electrons. The van der Waals surface area contributed by atoms with Crippen LogP contribution in [0.3, 0.4) is 0 Å². The molecule has 1 amide bonds. The zero-order valence-corrected chi connectivity index (χ0v) is 13.5. The largest absolute Gasteiger partial charge is 0.478 e. The number of likely N-dealkylation sites (N-methyl/N-ethyl adjacent to an activating group) is 1. The third-order valence-electron chi connectivity index (χ3n) is 3.93. The van der Waals surface area contributed by atoms with Crippen LogP contribution in [0.2, 0.25) is 0 Å². The van der Waals surface area contributed by atoms with Gasteiger partial charge in [-0.1, -0.05) is 6.07 Å². The number of sulfone groups is 1. The van der Waals surface area contributed by atoms with Crippen LogP contribution in [0.5, 0.6) is 0 Å². The molecule has 1 aliphatic rings. The van der Waals surface area contributed by atoms with E-state index in [-0.39, 0.29) is 29.9 Å². The summed E-state index contributed by atoms with van der Waals surface area (Å²) < 4.78 is 36.7. The number of carbonyl (C=O) groups is 2. The average molecular weight is 343 g/mol. The van der Waals surface area contributed by atoms with Gasteiger partial charge in [-0.05, 0) is 31.0 Å². The Balaban J connectivity index is 2.11. The Morgan fingerprint density at radius 3 is 2.57 bits per heavy atom. The third kappa shape index (κ3) is 4.07. The molecule has 1 heterocycles. The van der Waals surface area contributed by atoms with Crippen LogP contribution in [-0.4, -0.2) is 54.4 Å². The SMILES string of the molecule is CCN(C(=O)Cc1ccc(C(=O)O)c(F)c1)C1CCS(=O)(=O)C1. The number of benzene rings is 1. The monoisotopic (exact) mass is 343 g/mol. The van der Waals surface area contributed by atoms with Crippen molar-refractivity contribution >= 4 is 21.7 Å². The summed E-state index contributed by atoms with van der Waals surface area (Å²) in [5, 5.41) is 8.79. The van der Waals surface area contributed by atoms with Gasteiger partial charge in [0.15, 0.2) is 9.84 Å². The number of hydrogen-bond acceptors (Lipinski definition) is 4.